The summed E-state index contributed by atoms with van der Waals surface area (Å²) in [6.07, 6.45) is 4.23. The van der Waals surface area contributed by atoms with Crippen LogP contribution >= 0.6 is 0 Å². The van der Waals surface area contributed by atoms with Crippen molar-refractivity contribution < 1.29 is 9.59 Å². The topological polar surface area (TPSA) is 99.2 Å². The molecule has 0 atom stereocenters. The monoisotopic (exact) mass is 288 g/mol. The molecule has 1 aromatic rings. The molecule has 8 heteroatoms. The fourth-order valence-corrected chi connectivity index (χ4v) is 2.27. The Labute approximate surface area is 121 Å². The van der Waals surface area contributed by atoms with E-state index in [2.05, 4.69) is 30.8 Å². The molecule has 3 heterocycles. The van der Waals surface area contributed by atoms with Crippen LogP contribution in [-0.4, -0.2) is 48.1 Å². The molecular weight excluding hydrogens is 272 g/mol. The molecule has 0 aliphatic carbocycles. The van der Waals surface area contributed by atoms with Crippen LogP contribution in [-0.2, 0) is 4.79 Å². The number of carbonyl (C=O) groups is 2. The van der Waals surface area contributed by atoms with E-state index in [0.717, 1.165) is 32.6 Å². The van der Waals surface area contributed by atoms with Gasteiger partial charge in [0.05, 0.1) is 5.69 Å². The summed E-state index contributed by atoms with van der Waals surface area (Å²) in [4.78, 5) is 33.4. The van der Waals surface area contributed by atoms with Gasteiger partial charge in [0.2, 0.25) is 5.95 Å². The lowest BCUT2D eigenvalue weighted by Crippen LogP contribution is -2.29. The van der Waals surface area contributed by atoms with Gasteiger partial charge in [-0.3, -0.25) is 10.1 Å². The van der Waals surface area contributed by atoms with E-state index in [-0.39, 0.29) is 5.70 Å². The van der Waals surface area contributed by atoms with E-state index in [1.807, 2.05) is 0 Å². The van der Waals surface area contributed by atoms with Gasteiger partial charge in [-0.05, 0) is 25.1 Å². The van der Waals surface area contributed by atoms with E-state index in [9.17, 15) is 9.59 Å². The van der Waals surface area contributed by atoms with Crippen molar-refractivity contribution in [2.45, 2.75) is 6.42 Å². The quantitative estimate of drug-likeness (QED) is 0.499. The van der Waals surface area contributed by atoms with Crippen LogP contribution in [0.2, 0.25) is 0 Å². The highest BCUT2D eigenvalue weighted by atomic mass is 16.2. The molecule has 2 aliphatic rings. The van der Waals surface area contributed by atoms with Crippen LogP contribution in [0.5, 0.6) is 0 Å². The second-order valence-corrected chi connectivity index (χ2v) is 4.84. The third-order valence-corrected chi connectivity index (χ3v) is 3.30. The number of rotatable bonds is 2. The smallest absolute Gasteiger partial charge is 0.326 e. The summed E-state index contributed by atoms with van der Waals surface area (Å²) >= 11 is 0. The number of anilines is 1. The van der Waals surface area contributed by atoms with Crippen molar-refractivity contribution in [2.75, 3.05) is 31.1 Å². The minimum Gasteiger partial charge on any atom is -0.339 e. The summed E-state index contributed by atoms with van der Waals surface area (Å²) in [6, 6.07) is 1.18. The number of nitrogens with one attached hydrogen (secondary N) is 3. The van der Waals surface area contributed by atoms with Gasteiger partial charge < -0.3 is 15.5 Å². The van der Waals surface area contributed by atoms with Crippen molar-refractivity contribution >= 4 is 24.0 Å². The molecule has 1 aromatic heterocycles. The van der Waals surface area contributed by atoms with Crippen molar-refractivity contribution in [1.29, 1.82) is 0 Å². The van der Waals surface area contributed by atoms with Gasteiger partial charge in [-0.2, -0.15) is 0 Å². The highest BCUT2D eigenvalue weighted by Gasteiger charge is 2.23. The molecule has 0 spiro atoms. The SMILES string of the molecule is O=C1NC(=O)C(=Cc2ccnc(N3CCCNCC3)n2)N1. The number of aromatic nitrogens is 2. The first-order valence-corrected chi connectivity index (χ1v) is 6.85. The van der Waals surface area contributed by atoms with E-state index >= 15 is 0 Å². The molecule has 110 valence electrons. The molecular formula is C13H16N6O2. The van der Waals surface area contributed by atoms with Gasteiger partial charge in [-0.1, -0.05) is 0 Å². The molecule has 0 radical (unpaired) electrons. The minimum absolute atomic E-state index is 0.196. The van der Waals surface area contributed by atoms with Crippen molar-refractivity contribution in [1.82, 2.24) is 25.9 Å². The van der Waals surface area contributed by atoms with Crippen LogP contribution < -0.4 is 20.9 Å². The van der Waals surface area contributed by atoms with Gasteiger partial charge in [0.1, 0.15) is 5.70 Å². The number of urea groups is 1. The van der Waals surface area contributed by atoms with E-state index in [0.29, 0.717) is 11.6 Å². The molecule has 0 unspecified atom stereocenters. The molecule has 3 rings (SSSR count). The van der Waals surface area contributed by atoms with E-state index in [1.165, 1.54) is 0 Å². The van der Waals surface area contributed by atoms with Crippen LogP contribution in [0, 0.1) is 0 Å². The Morgan fingerprint density at radius 3 is 2.90 bits per heavy atom. The predicted octanol–water partition coefficient (Wildman–Crippen LogP) is -0.543. The summed E-state index contributed by atoms with van der Waals surface area (Å²) in [7, 11) is 0. The summed E-state index contributed by atoms with van der Waals surface area (Å²) in [5, 5.41) is 7.91. The lowest BCUT2D eigenvalue weighted by atomic mass is 10.3. The van der Waals surface area contributed by atoms with Crippen LogP contribution in [0.1, 0.15) is 12.1 Å². The average Bonchev–Trinajstić information content (AvgIpc) is 2.70. The molecule has 21 heavy (non-hydrogen) atoms. The lowest BCUT2D eigenvalue weighted by Gasteiger charge is -2.19. The molecule has 0 aromatic carbocycles. The van der Waals surface area contributed by atoms with Gasteiger partial charge in [-0.15, -0.1) is 0 Å². The highest BCUT2D eigenvalue weighted by molar-refractivity contribution is 6.13. The van der Waals surface area contributed by atoms with Gasteiger partial charge in [0.25, 0.3) is 5.91 Å². The maximum absolute atomic E-state index is 11.5. The molecule has 2 saturated heterocycles. The van der Waals surface area contributed by atoms with Gasteiger partial charge >= 0.3 is 6.03 Å². The Hall–Kier alpha value is -2.48. The number of imide groups is 1. The normalized spacial score (nSPS) is 21.1. The standard InChI is InChI=1S/C13H16N6O2/c20-11-10(17-13(21)18-11)8-9-2-4-15-12(16-9)19-6-1-3-14-5-7-19/h2,4,8,14H,1,3,5-7H2,(H2,17,18,20,21). The van der Waals surface area contributed by atoms with Crippen molar-refractivity contribution in [2.24, 2.45) is 0 Å². The van der Waals surface area contributed by atoms with E-state index in [1.54, 1.807) is 18.3 Å². The van der Waals surface area contributed by atoms with Gasteiger partial charge in [-0.25, -0.2) is 14.8 Å². The van der Waals surface area contributed by atoms with Crippen LogP contribution in [0.25, 0.3) is 6.08 Å². The fraction of sp³-hybridized carbons (Fsp3) is 0.385. The zero-order valence-electron chi connectivity index (χ0n) is 11.4. The Balaban J connectivity index is 1.81. The Morgan fingerprint density at radius 1 is 1.19 bits per heavy atom. The second-order valence-electron chi connectivity index (χ2n) is 4.84. The second kappa shape index (κ2) is 5.88. The third-order valence-electron chi connectivity index (χ3n) is 3.30. The molecule has 0 bridgehead atoms. The summed E-state index contributed by atoms with van der Waals surface area (Å²) in [5.41, 5.74) is 0.784. The van der Waals surface area contributed by atoms with Crippen LogP contribution in [0.3, 0.4) is 0 Å². The maximum atomic E-state index is 11.5. The maximum Gasteiger partial charge on any atom is 0.326 e. The molecule has 2 aliphatic heterocycles. The Bertz CT molecular complexity index is 592. The number of nitrogens with zero attached hydrogens (tertiary/aromatic N) is 3. The Morgan fingerprint density at radius 2 is 2.10 bits per heavy atom. The summed E-state index contributed by atoms with van der Waals surface area (Å²) < 4.78 is 0. The zero-order chi connectivity index (χ0) is 14.7. The number of hydrogen-bond acceptors (Lipinski definition) is 6. The predicted molar refractivity (Wildman–Crippen MR) is 76.4 cm³/mol. The first-order valence-electron chi connectivity index (χ1n) is 6.85. The van der Waals surface area contributed by atoms with Crippen molar-refractivity contribution in [3.05, 3.63) is 23.7 Å². The van der Waals surface area contributed by atoms with Crippen LogP contribution in [0.4, 0.5) is 10.7 Å². The van der Waals surface area contributed by atoms with Gasteiger partial charge in [0, 0.05) is 25.8 Å². The third kappa shape index (κ3) is 3.16. The van der Waals surface area contributed by atoms with Crippen molar-refractivity contribution in [3.8, 4) is 0 Å². The average molecular weight is 288 g/mol. The zero-order valence-corrected chi connectivity index (χ0v) is 11.4. The summed E-state index contributed by atoms with van der Waals surface area (Å²) in [5.74, 6) is 0.192. The van der Waals surface area contributed by atoms with E-state index < -0.39 is 11.9 Å². The molecule has 0 saturated carbocycles. The largest absolute Gasteiger partial charge is 0.339 e. The number of amides is 3. The Kier molecular flexibility index (Phi) is 3.78. The van der Waals surface area contributed by atoms with Crippen molar-refractivity contribution in [3.63, 3.8) is 0 Å². The lowest BCUT2D eigenvalue weighted by molar-refractivity contribution is -0.115. The fourth-order valence-electron chi connectivity index (χ4n) is 2.27. The first-order chi connectivity index (χ1) is 10.2. The minimum atomic E-state index is -0.515. The first kappa shape index (κ1) is 13.5. The highest BCUT2D eigenvalue weighted by Crippen LogP contribution is 2.12. The molecule has 8 nitrogen and oxygen atoms in total. The summed E-state index contributed by atoms with van der Waals surface area (Å²) in [6.45, 7) is 3.63. The molecule has 2 fully saturated rings. The number of hydrogen-bond donors (Lipinski definition) is 3. The van der Waals surface area contributed by atoms with E-state index in [4.69, 9.17) is 0 Å². The van der Waals surface area contributed by atoms with Gasteiger partial charge in [0.15, 0.2) is 0 Å². The van der Waals surface area contributed by atoms with Crippen LogP contribution in [0.15, 0.2) is 18.0 Å². The molecule has 3 amide bonds. The molecule has 3 N–H and O–H groups in total. The number of carbonyl (C=O) groups excluding carboxylic acids is 2.